The second kappa shape index (κ2) is 6.25. The van der Waals surface area contributed by atoms with Gasteiger partial charge in [-0.25, -0.2) is 0 Å². The lowest BCUT2D eigenvalue weighted by Gasteiger charge is -2.15. The molecular formula is C13H18N2O2. The summed E-state index contributed by atoms with van der Waals surface area (Å²) in [4.78, 5) is 18.6. The van der Waals surface area contributed by atoms with Crippen LogP contribution in [0.5, 0.6) is 0 Å². The minimum absolute atomic E-state index is 0.279. The Balaban J connectivity index is 1.56. The summed E-state index contributed by atoms with van der Waals surface area (Å²) >= 11 is 0. The second-order valence-corrected chi connectivity index (χ2v) is 4.15. The topological polar surface area (TPSA) is 41.6 Å². The molecule has 1 aromatic rings. The maximum absolute atomic E-state index is 11.3. The van der Waals surface area contributed by atoms with Crippen molar-refractivity contribution in [2.75, 3.05) is 25.2 Å². The van der Waals surface area contributed by atoms with Crippen LogP contribution in [-0.2, 0) is 9.63 Å². The van der Waals surface area contributed by atoms with Gasteiger partial charge < -0.3 is 4.90 Å². The summed E-state index contributed by atoms with van der Waals surface area (Å²) in [7, 11) is 0. The normalized spacial score (nSPS) is 15.3. The first-order chi connectivity index (χ1) is 8.36. The van der Waals surface area contributed by atoms with Crippen LogP contribution in [0.4, 0.5) is 5.69 Å². The SMILES string of the molecule is O=C1CCCN1CCCONc1ccccc1. The molecule has 0 bridgehead atoms. The van der Waals surface area contributed by atoms with E-state index < -0.39 is 0 Å². The van der Waals surface area contributed by atoms with E-state index in [4.69, 9.17) is 4.84 Å². The van der Waals surface area contributed by atoms with Crippen molar-refractivity contribution in [1.29, 1.82) is 0 Å². The molecule has 0 aromatic heterocycles. The predicted octanol–water partition coefficient (Wildman–Crippen LogP) is 2.04. The Morgan fingerprint density at radius 2 is 2.12 bits per heavy atom. The zero-order valence-electron chi connectivity index (χ0n) is 9.89. The molecule has 1 aliphatic heterocycles. The molecule has 17 heavy (non-hydrogen) atoms. The Kier molecular flexibility index (Phi) is 4.38. The van der Waals surface area contributed by atoms with Gasteiger partial charge in [0.25, 0.3) is 0 Å². The van der Waals surface area contributed by atoms with Crippen LogP contribution in [0.3, 0.4) is 0 Å². The quantitative estimate of drug-likeness (QED) is 0.605. The molecule has 92 valence electrons. The van der Waals surface area contributed by atoms with E-state index in [1.54, 1.807) is 0 Å². The smallest absolute Gasteiger partial charge is 0.222 e. The van der Waals surface area contributed by atoms with Gasteiger partial charge in [0.2, 0.25) is 5.91 Å². The number of amides is 1. The number of nitrogens with zero attached hydrogens (tertiary/aromatic N) is 1. The number of para-hydroxylation sites is 1. The maximum Gasteiger partial charge on any atom is 0.222 e. The summed E-state index contributed by atoms with van der Waals surface area (Å²) in [5.41, 5.74) is 3.83. The third kappa shape index (κ3) is 3.75. The molecule has 0 radical (unpaired) electrons. The molecule has 0 spiro atoms. The minimum Gasteiger partial charge on any atom is -0.343 e. The number of benzene rings is 1. The fourth-order valence-corrected chi connectivity index (χ4v) is 1.91. The number of carbonyl (C=O) groups is 1. The summed E-state index contributed by atoms with van der Waals surface area (Å²) in [6, 6.07) is 9.77. The number of hydrogen-bond donors (Lipinski definition) is 1. The largest absolute Gasteiger partial charge is 0.343 e. The van der Waals surface area contributed by atoms with Crippen LogP contribution in [0, 0.1) is 0 Å². The fourth-order valence-electron chi connectivity index (χ4n) is 1.91. The first-order valence-electron chi connectivity index (χ1n) is 6.07. The molecule has 1 fully saturated rings. The Bertz CT molecular complexity index is 354. The Labute approximate surface area is 102 Å². The van der Waals surface area contributed by atoms with Gasteiger partial charge in [-0.15, -0.1) is 0 Å². The van der Waals surface area contributed by atoms with Crippen molar-refractivity contribution in [3.05, 3.63) is 30.3 Å². The van der Waals surface area contributed by atoms with Crippen LogP contribution in [0.2, 0.25) is 0 Å². The van der Waals surface area contributed by atoms with Crippen molar-refractivity contribution < 1.29 is 9.63 Å². The summed E-state index contributed by atoms with van der Waals surface area (Å²) in [5, 5.41) is 0. The first kappa shape index (κ1) is 11.9. The van der Waals surface area contributed by atoms with E-state index in [9.17, 15) is 4.79 Å². The molecule has 1 saturated heterocycles. The van der Waals surface area contributed by atoms with Gasteiger partial charge in [-0.2, -0.15) is 0 Å². The van der Waals surface area contributed by atoms with Crippen LogP contribution >= 0.6 is 0 Å². The van der Waals surface area contributed by atoms with Crippen LogP contribution in [0.25, 0.3) is 0 Å². The molecule has 4 nitrogen and oxygen atoms in total. The minimum atomic E-state index is 0.279. The summed E-state index contributed by atoms with van der Waals surface area (Å²) in [6.07, 6.45) is 2.58. The molecule has 0 saturated carbocycles. The van der Waals surface area contributed by atoms with Gasteiger partial charge in [-0.3, -0.25) is 15.1 Å². The Morgan fingerprint density at radius 3 is 2.82 bits per heavy atom. The lowest BCUT2D eigenvalue weighted by molar-refractivity contribution is -0.127. The summed E-state index contributed by atoms with van der Waals surface area (Å²) in [5.74, 6) is 0.279. The highest BCUT2D eigenvalue weighted by atomic mass is 16.6. The summed E-state index contributed by atoms with van der Waals surface area (Å²) in [6.45, 7) is 2.32. The lowest BCUT2D eigenvalue weighted by Crippen LogP contribution is -2.26. The van der Waals surface area contributed by atoms with E-state index in [2.05, 4.69) is 5.48 Å². The molecular weight excluding hydrogens is 216 g/mol. The number of likely N-dealkylation sites (tertiary alicyclic amines) is 1. The molecule has 0 aliphatic carbocycles. The average molecular weight is 234 g/mol. The standard InChI is InChI=1S/C13H18N2O2/c16-13-8-4-9-15(13)10-5-11-17-14-12-6-2-1-3-7-12/h1-3,6-7,14H,4-5,8-11H2. The highest BCUT2D eigenvalue weighted by Gasteiger charge is 2.18. The molecule has 2 rings (SSSR count). The molecule has 0 unspecified atom stereocenters. The predicted molar refractivity (Wildman–Crippen MR) is 66.4 cm³/mol. The van der Waals surface area contributed by atoms with Crippen LogP contribution < -0.4 is 5.48 Å². The number of carbonyl (C=O) groups excluding carboxylic acids is 1. The zero-order chi connectivity index (χ0) is 11.9. The number of nitrogens with one attached hydrogen (secondary N) is 1. The van der Waals surface area contributed by atoms with Gasteiger partial charge >= 0.3 is 0 Å². The first-order valence-corrected chi connectivity index (χ1v) is 6.07. The highest BCUT2D eigenvalue weighted by Crippen LogP contribution is 2.10. The van der Waals surface area contributed by atoms with Crippen molar-refractivity contribution in [2.45, 2.75) is 19.3 Å². The van der Waals surface area contributed by atoms with Crippen LogP contribution in [0.15, 0.2) is 30.3 Å². The zero-order valence-corrected chi connectivity index (χ0v) is 9.89. The molecule has 1 aromatic carbocycles. The number of hydrogen-bond acceptors (Lipinski definition) is 3. The van der Waals surface area contributed by atoms with Crippen molar-refractivity contribution in [1.82, 2.24) is 4.90 Å². The van der Waals surface area contributed by atoms with Crippen molar-refractivity contribution in [3.8, 4) is 0 Å². The molecule has 1 amide bonds. The Hall–Kier alpha value is -1.55. The molecule has 1 N–H and O–H groups in total. The third-order valence-electron chi connectivity index (χ3n) is 2.81. The van der Waals surface area contributed by atoms with E-state index in [0.717, 1.165) is 31.6 Å². The van der Waals surface area contributed by atoms with Crippen LogP contribution in [-0.4, -0.2) is 30.5 Å². The van der Waals surface area contributed by atoms with E-state index in [1.807, 2.05) is 35.2 Å². The van der Waals surface area contributed by atoms with Crippen LogP contribution in [0.1, 0.15) is 19.3 Å². The van der Waals surface area contributed by atoms with Crippen molar-refractivity contribution in [2.24, 2.45) is 0 Å². The summed E-state index contributed by atoms with van der Waals surface area (Å²) < 4.78 is 0. The van der Waals surface area contributed by atoms with E-state index in [-0.39, 0.29) is 5.91 Å². The molecule has 0 atom stereocenters. The van der Waals surface area contributed by atoms with Gasteiger partial charge in [-0.05, 0) is 25.0 Å². The second-order valence-electron chi connectivity index (χ2n) is 4.15. The van der Waals surface area contributed by atoms with Gasteiger partial charge in [0.1, 0.15) is 0 Å². The van der Waals surface area contributed by atoms with Gasteiger partial charge in [0, 0.05) is 19.5 Å². The van der Waals surface area contributed by atoms with Gasteiger partial charge in [-0.1, -0.05) is 18.2 Å². The molecule has 1 aliphatic rings. The van der Waals surface area contributed by atoms with Crippen molar-refractivity contribution >= 4 is 11.6 Å². The molecule has 1 heterocycles. The Morgan fingerprint density at radius 1 is 1.29 bits per heavy atom. The third-order valence-corrected chi connectivity index (χ3v) is 2.81. The fraction of sp³-hybridized carbons (Fsp3) is 0.462. The number of anilines is 1. The molecule has 4 heteroatoms. The van der Waals surface area contributed by atoms with E-state index in [0.29, 0.717) is 13.0 Å². The maximum atomic E-state index is 11.3. The highest BCUT2D eigenvalue weighted by molar-refractivity contribution is 5.77. The van der Waals surface area contributed by atoms with Crippen molar-refractivity contribution in [3.63, 3.8) is 0 Å². The monoisotopic (exact) mass is 234 g/mol. The lowest BCUT2D eigenvalue weighted by atomic mass is 10.3. The van der Waals surface area contributed by atoms with Gasteiger partial charge in [0.05, 0.1) is 12.3 Å². The van der Waals surface area contributed by atoms with E-state index >= 15 is 0 Å². The average Bonchev–Trinajstić information content (AvgIpc) is 2.76. The van der Waals surface area contributed by atoms with E-state index in [1.165, 1.54) is 0 Å². The van der Waals surface area contributed by atoms with Gasteiger partial charge in [0.15, 0.2) is 0 Å². The number of rotatable bonds is 6.